The number of hydrogen-bond donors (Lipinski definition) is 1. The Morgan fingerprint density at radius 1 is 1.35 bits per heavy atom. The number of nitrogens with two attached hydrogens (primary N) is 1. The van der Waals surface area contributed by atoms with E-state index in [0.29, 0.717) is 6.61 Å². The summed E-state index contributed by atoms with van der Waals surface area (Å²) >= 11 is 0. The molecule has 0 aliphatic rings. The van der Waals surface area contributed by atoms with E-state index in [4.69, 9.17) is 10.5 Å². The molecule has 3 nitrogen and oxygen atoms in total. The zero-order valence-electron chi connectivity index (χ0n) is 11.3. The second kappa shape index (κ2) is 6.12. The Kier molecular flexibility index (Phi) is 5.09. The molecule has 1 aromatic rings. The highest BCUT2D eigenvalue weighted by atomic mass is 16.5. The molecule has 17 heavy (non-hydrogen) atoms. The Labute approximate surface area is 104 Å². The van der Waals surface area contributed by atoms with Gasteiger partial charge in [0.05, 0.1) is 12.7 Å². The van der Waals surface area contributed by atoms with E-state index < -0.39 is 0 Å². The van der Waals surface area contributed by atoms with Crippen LogP contribution < -0.4 is 5.73 Å². The van der Waals surface area contributed by atoms with E-state index in [0.717, 1.165) is 12.1 Å². The van der Waals surface area contributed by atoms with Gasteiger partial charge in [-0.15, -0.1) is 0 Å². The Bertz CT molecular complexity index is 317. The van der Waals surface area contributed by atoms with E-state index in [1.165, 1.54) is 0 Å². The Hall–Kier alpha value is -0.930. The normalized spacial score (nSPS) is 15.6. The molecule has 0 saturated heterocycles. The third-order valence-corrected chi connectivity index (χ3v) is 2.71. The van der Waals surface area contributed by atoms with E-state index in [1.807, 2.05) is 31.3 Å². The molecule has 0 amide bonds. The number of ether oxygens (including phenoxy) is 1. The molecule has 1 rings (SSSR count). The van der Waals surface area contributed by atoms with Gasteiger partial charge in [0, 0.05) is 24.4 Å². The van der Waals surface area contributed by atoms with E-state index >= 15 is 0 Å². The molecule has 0 fully saturated rings. The van der Waals surface area contributed by atoms with Crippen LogP contribution in [-0.4, -0.2) is 23.7 Å². The van der Waals surface area contributed by atoms with E-state index in [9.17, 15) is 0 Å². The summed E-state index contributed by atoms with van der Waals surface area (Å²) in [5, 5.41) is 0. The summed E-state index contributed by atoms with van der Waals surface area (Å²) in [5.41, 5.74) is 7.09. The lowest BCUT2D eigenvalue weighted by Gasteiger charge is -2.33. The SMILES string of the molecule is CC(N)C(OCCc1ccccn1)C(C)(C)C. The van der Waals surface area contributed by atoms with Crippen LogP contribution in [0.3, 0.4) is 0 Å². The van der Waals surface area contributed by atoms with Crippen LogP contribution in [0.1, 0.15) is 33.4 Å². The molecule has 0 radical (unpaired) electrons. The van der Waals surface area contributed by atoms with Crippen molar-refractivity contribution in [3.05, 3.63) is 30.1 Å². The van der Waals surface area contributed by atoms with Crippen LogP contribution in [0.2, 0.25) is 0 Å². The van der Waals surface area contributed by atoms with Gasteiger partial charge in [-0.05, 0) is 24.5 Å². The number of pyridine rings is 1. The predicted molar refractivity (Wildman–Crippen MR) is 70.8 cm³/mol. The summed E-state index contributed by atoms with van der Waals surface area (Å²) < 4.78 is 5.91. The van der Waals surface area contributed by atoms with Gasteiger partial charge < -0.3 is 10.5 Å². The molecule has 2 unspecified atom stereocenters. The van der Waals surface area contributed by atoms with Crippen molar-refractivity contribution in [3.63, 3.8) is 0 Å². The summed E-state index contributed by atoms with van der Waals surface area (Å²) in [7, 11) is 0. The summed E-state index contributed by atoms with van der Waals surface area (Å²) in [6.07, 6.45) is 2.72. The van der Waals surface area contributed by atoms with E-state index in [-0.39, 0.29) is 17.6 Å². The van der Waals surface area contributed by atoms with Crippen LogP contribution in [0.4, 0.5) is 0 Å². The molecule has 0 saturated carbocycles. The molecule has 0 aromatic carbocycles. The zero-order valence-corrected chi connectivity index (χ0v) is 11.3. The molecule has 3 heteroatoms. The molecule has 2 atom stereocenters. The summed E-state index contributed by atoms with van der Waals surface area (Å²) in [6.45, 7) is 9.13. The molecule has 0 bridgehead atoms. The fourth-order valence-corrected chi connectivity index (χ4v) is 2.03. The highest BCUT2D eigenvalue weighted by molar-refractivity contribution is 5.03. The third kappa shape index (κ3) is 4.84. The molecule has 2 N–H and O–H groups in total. The van der Waals surface area contributed by atoms with Gasteiger partial charge in [-0.3, -0.25) is 4.98 Å². The first-order valence-electron chi connectivity index (χ1n) is 6.18. The minimum absolute atomic E-state index is 0.0405. The molecule has 0 aliphatic carbocycles. The monoisotopic (exact) mass is 236 g/mol. The Morgan fingerprint density at radius 3 is 2.53 bits per heavy atom. The van der Waals surface area contributed by atoms with Crippen LogP contribution in [-0.2, 0) is 11.2 Å². The molecule has 96 valence electrons. The van der Waals surface area contributed by atoms with E-state index in [1.54, 1.807) is 0 Å². The minimum Gasteiger partial charge on any atom is -0.376 e. The molecule has 0 spiro atoms. The van der Waals surface area contributed by atoms with Gasteiger partial charge >= 0.3 is 0 Å². The average molecular weight is 236 g/mol. The Balaban J connectivity index is 2.43. The van der Waals surface area contributed by atoms with Crippen LogP contribution in [0.25, 0.3) is 0 Å². The van der Waals surface area contributed by atoms with Crippen molar-refractivity contribution in [2.24, 2.45) is 11.1 Å². The average Bonchev–Trinajstić information content (AvgIpc) is 2.23. The first kappa shape index (κ1) is 14.1. The Morgan fingerprint density at radius 2 is 2.06 bits per heavy atom. The minimum atomic E-state index is 0.0405. The highest BCUT2D eigenvalue weighted by Crippen LogP contribution is 2.24. The summed E-state index contributed by atoms with van der Waals surface area (Å²) in [4.78, 5) is 4.27. The van der Waals surface area contributed by atoms with Crippen molar-refractivity contribution in [1.29, 1.82) is 0 Å². The molecule has 0 aliphatic heterocycles. The van der Waals surface area contributed by atoms with Crippen LogP contribution in [0, 0.1) is 5.41 Å². The van der Waals surface area contributed by atoms with Crippen molar-refractivity contribution in [3.8, 4) is 0 Å². The van der Waals surface area contributed by atoms with Gasteiger partial charge in [0.1, 0.15) is 0 Å². The maximum absolute atomic E-state index is 5.96. The quantitative estimate of drug-likeness (QED) is 0.854. The van der Waals surface area contributed by atoms with Gasteiger partial charge in [0.2, 0.25) is 0 Å². The molecule has 1 aromatic heterocycles. The van der Waals surface area contributed by atoms with E-state index in [2.05, 4.69) is 25.8 Å². The topological polar surface area (TPSA) is 48.1 Å². The zero-order chi connectivity index (χ0) is 12.9. The van der Waals surface area contributed by atoms with Gasteiger partial charge in [-0.2, -0.15) is 0 Å². The lowest BCUT2D eigenvalue weighted by Crippen LogP contribution is -2.43. The molecular formula is C14H24N2O. The number of hydrogen-bond acceptors (Lipinski definition) is 3. The fraction of sp³-hybridized carbons (Fsp3) is 0.643. The molecule has 1 heterocycles. The second-order valence-electron chi connectivity index (χ2n) is 5.59. The van der Waals surface area contributed by atoms with Crippen molar-refractivity contribution < 1.29 is 4.74 Å². The van der Waals surface area contributed by atoms with Crippen molar-refractivity contribution in [2.75, 3.05) is 6.61 Å². The maximum Gasteiger partial charge on any atom is 0.0771 e. The standard InChI is InChI=1S/C14H24N2O/c1-11(15)13(14(2,3)4)17-10-8-12-7-5-6-9-16-12/h5-7,9,11,13H,8,10,15H2,1-4H3. The third-order valence-electron chi connectivity index (χ3n) is 2.71. The predicted octanol–water partition coefficient (Wildman–Crippen LogP) is 2.40. The van der Waals surface area contributed by atoms with Crippen LogP contribution in [0.15, 0.2) is 24.4 Å². The summed E-state index contributed by atoms with van der Waals surface area (Å²) in [6, 6.07) is 5.97. The van der Waals surface area contributed by atoms with Crippen molar-refractivity contribution >= 4 is 0 Å². The lowest BCUT2D eigenvalue weighted by molar-refractivity contribution is -0.0289. The van der Waals surface area contributed by atoms with Gasteiger partial charge in [-0.1, -0.05) is 26.8 Å². The van der Waals surface area contributed by atoms with Gasteiger partial charge in [0.25, 0.3) is 0 Å². The largest absolute Gasteiger partial charge is 0.376 e. The van der Waals surface area contributed by atoms with Gasteiger partial charge in [0.15, 0.2) is 0 Å². The smallest absolute Gasteiger partial charge is 0.0771 e. The fourth-order valence-electron chi connectivity index (χ4n) is 2.03. The maximum atomic E-state index is 5.96. The lowest BCUT2D eigenvalue weighted by atomic mass is 9.85. The number of aromatic nitrogens is 1. The van der Waals surface area contributed by atoms with Crippen molar-refractivity contribution in [1.82, 2.24) is 4.98 Å². The van der Waals surface area contributed by atoms with Crippen LogP contribution >= 0.6 is 0 Å². The van der Waals surface area contributed by atoms with Gasteiger partial charge in [-0.25, -0.2) is 0 Å². The number of rotatable bonds is 5. The first-order chi connectivity index (χ1) is 7.91. The second-order valence-corrected chi connectivity index (χ2v) is 5.59. The first-order valence-corrected chi connectivity index (χ1v) is 6.18. The van der Waals surface area contributed by atoms with Crippen LogP contribution in [0.5, 0.6) is 0 Å². The number of nitrogens with zero attached hydrogens (tertiary/aromatic N) is 1. The molecular weight excluding hydrogens is 212 g/mol. The highest BCUT2D eigenvalue weighted by Gasteiger charge is 2.28. The van der Waals surface area contributed by atoms with Crippen molar-refractivity contribution in [2.45, 2.75) is 46.3 Å². The summed E-state index contributed by atoms with van der Waals surface area (Å²) in [5.74, 6) is 0.